The molecular weight excluding hydrogens is 340 g/mol. The lowest BCUT2D eigenvalue weighted by molar-refractivity contribution is 0.126. The molecule has 0 saturated heterocycles. The predicted octanol–water partition coefficient (Wildman–Crippen LogP) is 1.35. The number of benzene rings is 1. The zero-order valence-electron chi connectivity index (χ0n) is 10.5. The van der Waals surface area contributed by atoms with E-state index in [1.807, 2.05) is 0 Å². The third-order valence-corrected chi connectivity index (χ3v) is 4.03. The second-order valence-corrected chi connectivity index (χ2v) is 5.96. The molecule has 0 bridgehead atoms. The van der Waals surface area contributed by atoms with Crippen LogP contribution in [0.5, 0.6) is 5.75 Å². The van der Waals surface area contributed by atoms with Crippen LogP contribution in [-0.4, -0.2) is 40.8 Å². The molecule has 0 saturated carbocycles. The second kappa shape index (κ2) is 6.22. The summed E-state index contributed by atoms with van der Waals surface area (Å²) in [5.41, 5.74) is 0. The molecule has 19 heavy (non-hydrogen) atoms. The van der Waals surface area contributed by atoms with E-state index in [9.17, 15) is 13.2 Å². The van der Waals surface area contributed by atoms with Crippen LogP contribution in [0.1, 0.15) is 0 Å². The van der Waals surface area contributed by atoms with E-state index in [0.29, 0.717) is 4.47 Å². The Bertz CT molecular complexity index is 575. The van der Waals surface area contributed by atoms with E-state index < -0.39 is 16.1 Å². The largest absolute Gasteiger partial charge is 0.495 e. The van der Waals surface area contributed by atoms with Gasteiger partial charge in [-0.15, -0.1) is 4.83 Å². The predicted molar refractivity (Wildman–Crippen MR) is 71.2 cm³/mol. The van der Waals surface area contributed by atoms with Gasteiger partial charge < -0.3 is 9.47 Å². The monoisotopic (exact) mass is 352 g/mol. The first kappa shape index (κ1) is 15.7. The fourth-order valence-electron chi connectivity index (χ4n) is 1.26. The molecule has 0 unspecified atom stereocenters. The maximum absolute atomic E-state index is 12.1. The van der Waals surface area contributed by atoms with E-state index in [2.05, 4.69) is 25.5 Å². The van der Waals surface area contributed by atoms with Gasteiger partial charge in [0.1, 0.15) is 10.6 Å². The summed E-state index contributed by atoms with van der Waals surface area (Å²) < 4.78 is 34.2. The highest BCUT2D eigenvalue weighted by atomic mass is 79.9. The van der Waals surface area contributed by atoms with Crippen molar-refractivity contribution in [2.45, 2.75) is 4.90 Å². The number of halogens is 1. The lowest BCUT2D eigenvalue weighted by Gasteiger charge is -2.18. The number of nitrogens with zero attached hydrogens (tertiary/aromatic N) is 1. The zero-order valence-corrected chi connectivity index (χ0v) is 12.9. The summed E-state index contributed by atoms with van der Waals surface area (Å²) in [6, 6.07) is 4.50. The molecule has 0 spiro atoms. The van der Waals surface area contributed by atoms with Crippen LogP contribution in [0.4, 0.5) is 4.79 Å². The van der Waals surface area contributed by atoms with Crippen LogP contribution in [0.2, 0.25) is 0 Å². The zero-order chi connectivity index (χ0) is 14.6. The Morgan fingerprint density at radius 2 is 2.00 bits per heavy atom. The summed E-state index contributed by atoms with van der Waals surface area (Å²) in [5.74, 6) is 0.161. The van der Waals surface area contributed by atoms with E-state index in [-0.39, 0.29) is 10.6 Å². The number of hydrogen-bond acceptors (Lipinski definition) is 5. The fraction of sp³-hybridized carbons (Fsp3) is 0.300. The molecule has 1 aromatic carbocycles. The number of hydrazine groups is 1. The van der Waals surface area contributed by atoms with Crippen LogP contribution in [0, 0.1) is 0 Å². The second-order valence-electron chi connectivity index (χ2n) is 3.42. The maximum Gasteiger partial charge on any atom is 0.424 e. The van der Waals surface area contributed by atoms with E-state index >= 15 is 0 Å². The van der Waals surface area contributed by atoms with Gasteiger partial charge in [0.05, 0.1) is 14.2 Å². The lowest BCUT2D eigenvalue weighted by atomic mass is 10.3. The van der Waals surface area contributed by atoms with E-state index in [1.54, 1.807) is 6.07 Å². The van der Waals surface area contributed by atoms with E-state index in [0.717, 1.165) is 12.1 Å². The lowest BCUT2D eigenvalue weighted by Crippen LogP contribution is -2.43. The molecule has 106 valence electrons. The Hall–Kier alpha value is -1.32. The van der Waals surface area contributed by atoms with Gasteiger partial charge in [-0.3, -0.25) is 0 Å². The van der Waals surface area contributed by atoms with Crippen molar-refractivity contribution in [2.75, 3.05) is 21.3 Å². The molecule has 9 heteroatoms. The molecule has 0 aliphatic heterocycles. The van der Waals surface area contributed by atoms with Gasteiger partial charge in [-0.2, -0.15) is 0 Å². The molecule has 1 rings (SSSR count). The first-order chi connectivity index (χ1) is 8.81. The summed E-state index contributed by atoms with van der Waals surface area (Å²) in [5, 5.41) is 0.718. The van der Waals surface area contributed by atoms with Crippen LogP contribution in [0.15, 0.2) is 27.6 Å². The van der Waals surface area contributed by atoms with Crippen molar-refractivity contribution in [1.29, 1.82) is 0 Å². The highest BCUT2D eigenvalue weighted by Gasteiger charge is 2.23. The number of rotatable bonds is 4. The normalized spacial score (nSPS) is 10.9. The van der Waals surface area contributed by atoms with Gasteiger partial charge >= 0.3 is 6.09 Å². The van der Waals surface area contributed by atoms with E-state index in [1.165, 1.54) is 26.3 Å². The summed E-state index contributed by atoms with van der Waals surface area (Å²) in [6.07, 6.45) is -0.836. The molecule has 1 amide bonds. The van der Waals surface area contributed by atoms with Crippen LogP contribution in [0.3, 0.4) is 0 Å². The van der Waals surface area contributed by atoms with Crippen LogP contribution < -0.4 is 9.57 Å². The van der Waals surface area contributed by atoms with Gasteiger partial charge in [0.25, 0.3) is 10.0 Å². The SMILES string of the molecule is COC(=O)N(C)NS(=O)(=O)c1cc(Br)ccc1OC. The number of nitrogens with one attached hydrogen (secondary N) is 1. The number of sulfonamides is 1. The molecule has 0 heterocycles. The molecule has 7 nitrogen and oxygen atoms in total. The summed E-state index contributed by atoms with van der Waals surface area (Å²) >= 11 is 3.17. The third kappa shape index (κ3) is 3.82. The molecular formula is C10H13BrN2O5S. The summed E-state index contributed by atoms with van der Waals surface area (Å²) in [4.78, 5) is 13.1. The summed E-state index contributed by atoms with van der Waals surface area (Å²) in [7, 11) is -0.231. The van der Waals surface area contributed by atoms with Crippen molar-refractivity contribution < 1.29 is 22.7 Å². The smallest absolute Gasteiger partial charge is 0.424 e. The molecule has 0 radical (unpaired) electrons. The Labute approximate surface area is 119 Å². The quantitative estimate of drug-likeness (QED) is 0.826. The van der Waals surface area contributed by atoms with Crippen LogP contribution in [0.25, 0.3) is 0 Å². The molecule has 0 fully saturated rings. The van der Waals surface area contributed by atoms with Gasteiger partial charge in [0.2, 0.25) is 0 Å². The fourth-order valence-corrected chi connectivity index (χ4v) is 3.01. The number of hydrogen-bond donors (Lipinski definition) is 1. The number of ether oxygens (including phenoxy) is 2. The minimum atomic E-state index is -3.96. The van der Waals surface area contributed by atoms with Gasteiger partial charge in [-0.1, -0.05) is 15.9 Å². The van der Waals surface area contributed by atoms with Crippen molar-refractivity contribution in [1.82, 2.24) is 9.84 Å². The van der Waals surface area contributed by atoms with E-state index in [4.69, 9.17) is 4.74 Å². The highest BCUT2D eigenvalue weighted by molar-refractivity contribution is 9.10. The van der Waals surface area contributed by atoms with Crippen molar-refractivity contribution in [3.63, 3.8) is 0 Å². The van der Waals surface area contributed by atoms with Gasteiger partial charge in [0.15, 0.2) is 0 Å². The molecule has 0 atom stereocenters. The minimum Gasteiger partial charge on any atom is -0.495 e. The highest BCUT2D eigenvalue weighted by Crippen LogP contribution is 2.27. The molecule has 0 aliphatic carbocycles. The molecule has 1 N–H and O–H groups in total. The number of carbonyl (C=O) groups is 1. The van der Waals surface area contributed by atoms with Gasteiger partial charge in [-0.05, 0) is 18.2 Å². The standard InChI is InChI=1S/C10H13BrN2O5S/c1-13(10(14)18-3)12-19(15,16)9-6-7(11)4-5-8(9)17-2/h4-6,12H,1-3H3. The maximum atomic E-state index is 12.1. The topological polar surface area (TPSA) is 84.9 Å². The minimum absolute atomic E-state index is 0.0971. The summed E-state index contributed by atoms with van der Waals surface area (Å²) in [6.45, 7) is 0. The van der Waals surface area contributed by atoms with Crippen molar-refractivity contribution in [3.8, 4) is 5.75 Å². The van der Waals surface area contributed by atoms with Gasteiger partial charge in [-0.25, -0.2) is 18.2 Å². The van der Waals surface area contributed by atoms with Crippen LogP contribution in [-0.2, 0) is 14.8 Å². The molecule has 0 aliphatic rings. The number of methoxy groups -OCH3 is 2. The van der Waals surface area contributed by atoms with Crippen molar-refractivity contribution in [2.24, 2.45) is 0 Å². The van der Waals surface area contributed by atoms with Gasteiger partial charge in [0, 0.05) is 11.5 Å². The number of carbonyl (C=O) groups excluding carboxylic acids is 1. The van der Waals surface area contributed by atoms with Crippen LogP contribution >= 0.6 is 15.9 Å². The first-order valence-corrected chi connectivity index (χ1v) is 7.27. The first-order valence-electron chi connectivity index (χ1n) is 4.99. The molecule has 0 aromatic heterocycles. The third-order valence-electron chi connectivity index (χ3n) is 2.12. The number of amides is 1. The Kier molecular flexibility index (Phi) is 5.15. The average Bonchev–Trinajstić information content (AvgIpc) is 2.37. The van der Waals surface area contributed by atoms with Crippen molar-refractivity contribution in [3.05, 3.63) is 22.7 Å². The Morgan fingerprint density at radius 1 is 1.37 bits per heavy atom. The Balaban J connectivity index is 3.13. The van der Waals surface area contributed by atoms with Crippen molar-refractivity contribution >= 4 is 32.0 Å². The Morgan fingerprint density at radius 3 is 2.53 bits per heavy atom. The average molecular weight is 353 g/mol. The molecule has 1 aromatic rings.